The van der Waals surface area contributed by atoms with Gasteiger partial charge in [-0.15, -0.1) is 0 Å². The topological polar surface area (TPSA) is 29.3 Å². The van der Waals surface area contributed by atoms with Gasteiger partial charge in [0.25, 0.3) is 0 Å². The Morgan fingerprint density at radius 1 is 1.21 bits per heavy atom. The highest BCUT2D eigenvalue weighted by Gasteiger charge is 2.31. The van der Waals surface area contributed by atoms with E-state index in [0.29, 0.717) is 18.7 Å². The monoisotopic (exact) mass is 274 g/mol. The summed E-state index contributed by atoms with van der Waals surface area (Å²) in [7, 11) is 0. The Bertz CT molecular complexity index is 413. The third-order valence-electron chi connectivity index (χ3n) is 3.37. The van der Waals surface area contributed by atoms with E-state index in [2.05, 4.69) is 4.90 Å². The molecular weight excluding hydrogens is 253 g/mol. The van der Waals surface area contributed by atoms with Crippen molar-refractivity contribution in [2.24, 2.45) is 5.73 Å². The second-order valence-electron chi connectivity index (χ2n) is 5.23. The van der Waals surface area contributed by atoms with E-state index in [4.69, 9.17) is 5.73 Å². The van der Waals surface area contributed by atoms with Gasteiger partial charge in [0.05, 0.1) is 5.56 Å². The Hall–Kier alpha value is -1.07. The lowest BCUT2D eigenvalue weighted by Gasteiger charge is -2.37. The summed E-state index contributed by atoms with van der Waals surface area (Å²) in [6.07, 6.45) is -4.30. The first-order valence-corrected chi connectivity index (χ1v) is 6.32. The van der Waals surface area contributed by atoms with Crippen molar-refractivity contribution < 1.29 is 13.2 Å². The van der Waals surface area contributed by atoms with Crippen LogP contribution in [0.15, 0.2) is 24.3 Å². The molecule has 5 heteroatoms. The van der Waals surface area contributed by atoms with E-state index >= 15 is 0 Å². The molecule has 0 atom stereocenters. The average molecular weight is 274 g/mol. The molecule has 0 fully saturated rings. The second-order valence-corrected chi connectivity index (χ2v) is 5.23. The number of nitrogens with two attached hydrogens (primary N) is 1. The molecule has 0 aliphatic rings. The first kappa shape index (κ1) is 16.0. The molecule has 0 saturated heterocycles. The van der Waals surface area contributed by atoms with Crippen molar-refractivity contribution >= 4 is 0 Å². The quantitative estimate of drug-likeness (QED) is 0.893. The maximum atomic E-state index is 12.7. The minimum absolute atomic E-state index is 0.233. The highest BCUT2D eigenvalue weighted by molar-refractivity contribution is 5.25. The molecule has 1 aromatic carbocycles. The summed E-state index contributed by atoms with van der Waals surface area (Å²) in [6.45, 7) is 7.62. The third kappa shape index (κ3) is 4.21. The van der Waals surface area contributed by atoms with Crippen LogP contribution in [0.3, 0.4) is 0 Å². The predicted molar refractivity (Wildman–Crippen MR) is 70.7 cm³/mol. The normalized spacial score (nSPS) is 13.1. The van der Waals surface area contributed by atoms with Crippen LogP contribution in [0.5, 0.6) is 0 Å². The molecule has 0 unspecified atom stereocenters. The summed E-state index contributed by atoms with van der Waals surface area (Å²) in [6, 6.07) is 5.45. The Morgan fingerprint density at radius 2 is 1.84 bits per heavy atom. The Kier molecular flexibility index (Phi) is 4.98. The van der Waals surface area contributed by atoms with E-state index < -0.39 is 11.7 Å². The predicted octanol–water partition coefficient (Wildman–Crippen LogP) is 3.26. The molecule has 0 spiro atoms. The fourth-order valence-corrected chi connectivity index (χ4v) is 1.95. The standard InChI is InChI=1S/C14H21F3N2/c1-4-19(13(2,3)10-18)9-11-6-5-7-12(8-11)14(15,16)17/h5-8H,4,9-10,18H2,1-3H3. The summed E-state index contributed by atoms with van der Waals surface area (Å²) in [5.41, 5.74) is 5.53. The molecule has 0 bridgehead atoms. The molecule has 0 radical (unpaired) electrons. The molecule has 0 saturated carbocycles. The van der Waals surface area contributed by atoms with E-state index in [1.54, 1.807) is 6.07 Å². The molecule has 1 rings (SSSR count). The smallest absolute Gasteiger partial charge is 0.329 e. The van der Waals surface area contributed by atoms with Crippen LogP contribution in [0.4, 0.5) is 13.2 Å². The highest BCUT2D eigenvalue weighted by Crippen LogP contribution is 2.30. The van der Waals surface area contributed by atoms with Gasteiger partial charge >= 0.3 is 6.18 Å². The third-order valence-corrected chi connectivity index (χ3v) is 3.37. The Labute approximate surface area is 112 Å². The van der Waals surface area contributed by atoms with Gasteiger partial charge in [-0.3, -0.25) is 4.90 Å². The lowest BCUT2D eigenvalue weighted by molar-refractivity contribution is -0.137. The number of rotatable bonds is 5. The molecule has 0 heterocycles. The van der Waals surface area contributed by atoms with E-state index in [-0.39, 0.29) is 5.54 Å². The Morgan fingerprint density at radius 3 is 2.32 bits per heavy atom. The molecule has 2 N–H and O–H groups in total. The van der Waals surface area contributed by atoms with Gasteiger partial charge in [0.1, 0.15) is 0 Å². The molecule has 0 aromatic heterocycles. The van der Waals surface area contributed by atoms with Crippen LogP contribution >= 0.6 is 0 Å². The van der Waals surface area contributed by atoms with Gasteiger partial charge in [-0.1, -0.05) is 25.1 Å². The Balaban J connectivity index is 2.93. The largest absolute Gasteiger partial charge is 0.416 e. The molecule has 2 nitrogen and oxygen atoms in total. The molecule has 0 amide bonds. The van der Waals surface area contributed by atoms with Crippen LogP contribution < -0.4 is 5.73 Å². The van der Waals surface area contributed by atoms with Gasteiger partial charge in [-0.05, 0) is 32.0 Å². The summed E-state index contributed by atoms with van der Waals surface area (Å²) in [4.78, 5) is 2.07. The van der Waals surface area contributed by atoms with Crippen molar-refractivity contribution in [3.63, 3.8) is 0 Å². The molecule has 19 heavy (non-hydrogen) atoms. The summed E-state index contributed by atoms with van der Waals surface area (Å²) in [5, 5.41) is 0. The maximum absolute atomic E-state index is 12.7. The maximum Gasteiger partial charge on any atom is 0.416 e. The molecule has 0 aliphatic carbocycles. The number of likely N-dealkylation sites (N-methyl/N-ethyl adjacent to an activating group) is 1. The molecule has 108 valence electrons. The summed E-state index contributed by atoms with van der Waals surface area (Å²) < 4.78 is 38.0. The molecule has 1 aromatic rings. The van der Waals surface area contributed by atoms with Crippen molar-refractivity contribution in [1.29, 1.82) is 0 Å². The van der Waals surface area contributed by atoms with Gasteiger partial charge in [0, 0.05) is 18.6 Å². The fraction of sp³-hybridized carbons (Fsp3) is 0.571. The molecular formula is C14H21F3N2. The number of hydrogen-bond donors (Lipinski definition) is 1. The number of halogens is 3. The van der Waals surface area contributed by atoms with Crippen LogP contribution in [-0.4, -0.2) is 23.5 Å². The minimum Gasteiger partial charge on any atom is -0.329 e. The van der Waals surface area contributed by atoms with Crippen LogP contribution in [0.2, 0.25) is 0 Å². The van der Waals surface area contributed by atoms with Crippen LogP contribution in [0.1, 0.15) is 31.9 Å². The first-order valence-electron chi connectivity index (χ1n) is 6.32. The summed E-state index contributed by atoms with van der Waals surface area (Å²) >= 11 is 0. The molecule has 0 aliphatic heterocycles. The lowest BCUT2D eigenvalue weighted by atomic mass is 10.0. The first-order chi connectivity index (χ1) is 8.70. The zero-order valence-electron chi connectivity index (χ0n) is 11.6. The summed E-state index contributed by atoms with van der Waals surface area (Å²) in [5.74, 6) is 0. The van der Waals surface area contributed by atoms with Crippen molar-refractivity contribution in [1.82, 2.24) is 4.90 Å². The van der Waals surface area contributed by atoms with Gasteiger partial charge < -0.3 is 5.73 Å². The highest BCUT2D eigenvalue weighted by atomic mass is 19.4. The van der Waals surface area contributed by atoms with E-state index in [9.17, 15) is 13.2 Å². The van der Waals surface area contributed by atoms with Crippen LogP contribution in [0, 0.1) is 0 Å². The number of benzene rings is 1. The van der Waals surface area contributed by atoms with Crippen molar-refractivity contribution in [3.8, 4) is 0 Å². The number of nitrogens with zero attached hydrogens (tertiary/aromatic N) is 1. The zero-order valence-corrected chi connectivity index (χ0v) is 11.6. The van der Waals surface area contributed by atoms with Crippen LogP contribution in [0.25, 0.3) is 0 Å². The van der Waals surface area contributed by atoms with Gasteiger partial charge in [0.15, 0.2) is 0 Å². The number of hydrogen-bond acceptors (Lipinski definition) is 2. The van der Waals surface area contributed by atoms with Gasteiger partial charge in [-0.2, -0.15) is 13.2 Å². The minimum atomic E-state index is -4.30. The van der Waals surface area contributed by atoms with Crippen molar-refractivity contribution in [2.75, 3.05) is 13.1 Å². The second kappa shape index (κ2) is 5.92. The van der Waals surface area contributed by atoms with E-state index in [1.807, 2.05) is 20.8 Å². The lowest BCUT2D eigenvalue weighted by Crippen LogP contribution is -2.48. The SMILES string of the molecule is CCN(Cc1cccc(C(F)(F)F)c1)C(C)(C)CN. The van der Waals surface area contributed by atoms with E-state index in [1.165, 1.54) is 12.1 Å². The zero-order chi connectivity index (χ0) is 14.7. The van der Waals surface area contributed by atoms with Crippen molar-refractivity contribution in [3.05, 3.63) is 35.4 Å². The van der Waals surface area contributed by atoms with Crippen molar-refractivity contribution in [2.45, 2.75) is 39.0 Å². The van der Waals surface area contributed by atoms with Crippen LogP contribution in [-0.2, 0) is 12.7 Å². The fourth-order valence-electron chi connectivity index (χ4n) is 1.95. The average Bonchev–Trinajstić information content (AvgIpc) is 2.35. The van der Waals surface area contributed by atoms with E-state index in [0.717, 1.165) is 12.6 Å². The van der Waals surface area contributed by atoms with Gasteiger partial charge in [0.2, 0.25) is 0 Å². The van der Waals surface area contributed by atoms with Gasteiger partial charge in [-0.25, -0.2) is 0 Å². The number of alkyl halides is 3.